The van der Waals surface area contributed by atoms with Crippen molar-refractivity contribution in [3.63, 3.8) is 0 Å². The van der Waals surface area contributed by atoms with E-state index in [2.05, 4.69) is 25.2 Å². The van der Waals surface area contributed by atoms with Crippen LogP contribution >= 0.6 is 12.4 Å². The molecule has 28 heavy (non-hydrogen) atoms. The maximum Gasteiger partial charge on any atom is 0.229 e. The first-order chi connectivity index (χ1) is 12.8. The summed E-state index contributed by atoms with van der Waals surface area (Å²) in [6.07, 6.45) is 1.96. The highest BCUT2D eigenvalue weighted by Gasteiger charge is 2.11. The van der Waals surface area contributed by atoms with Crippen molar-refractivity contribution in [1.82, 2.24) is 9.55 Å². The molecule has 0 saturated heterocycles. The van der Waals surface area contributed by atoms with Gasteiger partial charge in [0.1, 0.15) is 5.75 Å². The Labute approximate surface area is 171 Å². The quantitative estimate of drug-likeness (QED) is 0.561. The number of sulfonamides is 1. The average Bonchev–Trinajstić information content (AvgIpc) is 2.96. The van der Waals surface area contributed by atoms with E-state index >= 15 is 0 Å². The van der Waals surface area contributed by atoms with Crippen LogP contribution in [0.15, 0.2) is 48.5 Å². The largest absolute Gasteiger partial charge is 0.494 e. The summed E-state index contributed by atoms with van der Waals surface area (Å²) in [6, 6.07) is 14.9. The summed E-state index contributed by atoms with van der Waals surface area (Å²) in [5.74, 6) is 1.63. The fourth-order valence-electron chi connectivity index (χ4n) is 2.90. The number of nitrogens with one attached hydrogen (secondary N) is 1. The van der Waals surface area contributed by atoms with Gasteiger partial charge in [0.2, 0.25) is 16.0 Å². The molecule has 7 nitrogen and oxygen atoms in total. The number of fused-ring (bicyclic) bond motifs is 1. The number of hydrogen-bond donors (Lipinski definition) is 1. The third-order valence-electron chi connectivity index (χ3n) is 4.17. The van der Waals surface area contributed by atoms with E-state index in [-0.39, 0.29) is 12.4 Å². The van der Waals surface area contributed by atoms with Gasteiger partial charge in [-0.3, -0.25) is 4.72 Å². The summed E-state index contributed by atoms with van der Waals surface area (Å²) < 4.78 is 32.7. The van der Waals surface area contributed by atoms with E-state index < -0.39 is 10.0 Å². The Morgan fingerprint density at radius 2 is 1.82 bits per heavy atom. The van der Waals surface area contributed by atoms with Crippen LogP contribution in [0.3, 0.4) is 0 Å². The van der Waals surface area contributed by atoms with Crippen LogP contribution in [0, 0.1) is 0 Å². The first-order valence-electron chi connectivity index (χ1n) is 8.67. The molecule has 0 amide bonds. The molecular formula is C19H25ClN4O3S. The molecule has 9 heteroatoms. The Morgan fingerprint density at radius 3 is 2.46 bits per heavy atom. The van der Waals surface area contributed by atoms with E-state index in [1.807, 2.05) is 32.3 Å². The van der Waals surface area contributed by atoms with Gasteiger partial charge >= 0.3 is 0 Å². The molecule has 1 N–H and O–H groups in total. The zero-order chi connectivity index (χ0) is 19.4. The molecule has 0 spiro atoms. The molecular weight excluding hydrogens is 400 g/mol. The van der Waals surface area contributed by atoms with E-state index in [1.54, 1.807) is 24.3 Å². The lowest BCUT2D eigenvalue weighted by atomic mass is 10.3. The first kappa shape index (κ1) is 21.8. The lowest BCUT2D eigenvalue weighted by molar-refractivity contribution is 0.312. The second kappa shape index (κ2) is 9.16. The summed E-state index contributed by atoms with van der Waals surface area (Å²) >= 11 is 0. The predicted molar refractivity (Wildman–Crippen MR) is 116 cm³/mol. The molecule has 0 unspecified atom stereocenters. The Kier molecular flexibility index (Phi) is 7.15. The molecule has 0 saturated carbocycles. The number of benzene rings is 2. The summed E-state index contributed by atoms with van der Waals surface area (Å²) in [4.78, 5) is 6.79. The number of aryl methyl sites for hydroxylation is 1. The van der Waals surface area contributed by atoms with E-state index in [4.69, 9.17) is 4.74 Å². The topological polar surface area (TPSA) is 76.5 Å². The number of ether oxygens (including phenoxy) is 1. The van der Waals surface area contributed by atoms with Crippen LogP contribution in [-0.2, 0) is 17.1 Å². The van der Waals surface area contributed by atoms with Crippen molar-refractivity contribution in [2.75, 3.05) is 36.1 Å². The number of hydrogen-bond acceptors (Lipinski definition) is 5. The van der Waals surface area contributed by atoms with E-state index in [1.165, 1.54) is 0 Å². The van der Waals surface area contributed by atoms with Gasteiger partial charge in [0.15, 0.2) is 0 Å². The second-order valence-corrected chi connectivity index (χ2v) is 8.23. The Balaban J connectivity index is 0.00000280. The Morgan fingerprint density at radius 1 is 1.14 bits per heavy atom. The number of anilines is 2. The van der Waals surface area contributed by atoms with E-state index in [0.717, 1.165) is 36.2 Å². The van der Waals surface area contributed by atoms with Crippen LogP contribution in [0.5, 0.6) is 5.75 Å². The lowest BCUT2D eigenvalue weighted by Gasteiger charge is -2.18. The highest BCUT2D eigenvalue weighted by molar-refractivity contribution is 7.92. The zero-order valence-electron chi connectivity index (χ0n) is 16.1. The highest BCUT2D eigenvalue weighted by Crippen LogP contribution is 2.20. The molecule has 1 heterocycles. The van der Waals surface area contributed by atoms with Gasteiger partial charge in [-0.2, -0.15) is 0 Å². The number of para-hydroxylation sites is 2. The SMILES string of the molecule is CN(CCCOc1ccc(NS(C)(=O)=O)cc1)c1nc2ccccc2n1C.Cl. The van der Waals surface area contributed by atoms with Gasteiger partial charge in [0, 0.05) is 26.3 Å². The zero-order valence-corrected chi connectivity index (χ0v) is 17.8. The summed E-state index contributed by atoms with van der Waals surface area (Å²) in [7, 11) is 0.774. The fraction of sp³-hybridized carbons (Fsp3) is 0.316. The van der Waals surface area contributed by atoms with Gasteiger partial charge < -0.3 is 14.2 Å². The minimum Gasteiger partial charge on any atom is -0.494 e. The standard InChI is InChI=1S/C19H24N4O3S.ClH/c1-22(19-20-17-7-4-5-8-18(17)23(19)2)13-6-14-26-16-11-9-15(10-12-16)21-27(3,24)25;/h4-5,7-12,21H,6,13-14H2,1-3H3;1H. The summed E-state index contributed by atoms with van der Waals surface area (Å²) in [6.45, 7) is 1.37. The molecule has 0 fully saturated rings. The van der Waals surface area contributed by atoms with Crippen LogP contribution in [0.4, 0.5) is 11.6 Å². The van der Waals surface area contributed by atoms with Gasteiger partial charge in [-0.05, 0) is 42.8 Å². The molecule has 3 rings (SSSR count). The highest BCUT2D eigenvalue weighted by atomic mass is 35.5. The predicted octanol–water partition coefficient (Wildman–Crippen LogP) is 3.27. The number of halogens is 1. The van der Waals surface area contributed by atoms with E-state index in [9.17, 15) is 8.42 Å². The summed E-state index contributed by atoms with van der Waals surface area (Å²) in [5, 5.41) is 0. The van der Waals surface area contributed by atoms with Gasteiger partial charge in [-0.25, -0.2) is 13.4 Å². The van der Waals surface area contributed by atoms with E-state index in [0.29, 0.717) is 18.0 Å². The van der Waals surface area contributed by atoms with Crippen LogP contribution in [0.2, 0.25) is 0 Å². The third kappa shape index (κ3) is 5.53. The molecule has 0 aliphatic rings. The third-order valence-corrected chi connectivity index (χ3v) is 4.78. The molecule has 0 aliphatic carbocycles. The van der Waals surface area contributed by atoms with Crippen LogP contribution in [0.25, 0.3) is 11.0 Å². The lowest BCUT2D eigenvalue weighted by Crippen LogP contribution is -2.23. The Bertz CT molecular complexity index is 1020. The molecule has 3 aromatic rings. The van der Waals surface area contributed by atoms with Crippen molar-refractivity contribution in [2.24, 2.45) is 7.05 Å². The van der Waals surface area contributed by atoms with Crippen LogP contribution in [0.1, 0.15) is 6.42 Å². The van der Waals surface area contributed by atoms with Crippen molar-refractivity contribution in [2.45, 2.75) is 6.42 Å². The van der Waals surface area contributed by atoms with Crippen LogP contribution < -0.4 is 14.4 Å². The molecule has 1 aromatic heterocycles. The molecule has 0 radical (unpaired) electrons. The first-order valence-corrected chi connectivity index (χ1v) is 10.6. The molecule has 152 valence electrons. The Hall–Kier alpha value is -2.45. The average molecular weight is 425 g/mol. The minimum atomic E-state index is -3.26. The minimum absolute atomic E-state index is 0. The van der Waals surface area contributed by atoms with Gasteiger partial charge in [0.25, 0.3) is 0 Å². The van der Waals surface area contributed by atoms with Gasteiger partial charge in [0.05, 0.1) is 23.9 Å². The maximum atomic E-state index is 11.2. The van der Waals surface area contributed by atoms with Gasteiger partial charge in [-0.15, -0.1) is 12.4 Å². The molecule has 0 aliphatic heterocycles. The van der Waals surface area contributed by atoms with Crippen molar-refractivity contribution in [3.8, 4) is 5.75 Å². The normalized spacial score (nSPS) is 11.1. The summed E-state index contributed by atoms with van der Waals surface area (Å²) in [5.41, 5.74) is 2.62. The maximum absolute atomic E-state index is 11.2. The van der Waals surface area contributed by atoms with Gasteiger partial charge in [-0.1, -0.05) is 12.1 Å². The number of aromatic nitrogens is 2. The van der Waals surface area contributed by atoms with Crippen molar-refractivity contribution in [1.29, 1.82) is 0 Å². The number of nitrogens with zero attached hydrogens (tertiary/aromatic N) is 3. The van der Waals surface area contributed by atoms with Crippen LogP contribution in [-0.4, -0.2) is 44.4 Å². The van der Waals surface area contributed by atoms with Crippen molar-refractivity contribution >= 4 is 45.1 Å². The van der Waals surface area contributed by atoms with Crippen molar-refractivity contribution in [3.05, 3.63) is 48.5 Å². The smallest absolute Gasteiger partial charge is 0.229 e. The van der Waals surface area contributed by atoms with Crippen molar-refractivity contribution < 1.29 is 13.2 Å². The molecule has 0 atom stereocenters. The molecule has 2 aromatic carbocycles. The second-order valence-electron chi connectivity index (χ2n) is 6.48. The monoisotopic (exact) mass is 424 g/mol. The molecule has 0 bridgehead atoms. The fourth-order valence-corrected chi connectivity index (χ4v) is 3.46. The number of rotatable bonds is 8. The number of imidazole rings is 1.